The summed E-state index contributed by atoms with van der Waals surface area (Å²) in [6, 6.07) is 19.7. The molecule has 1 unspecified atom stereocenters. The molecule has 0 heterocycles. The van der Waals surface area contributed by atoms with Crippen LogP contribution in [0.15, 0.2) is 66.7 Å². The van der Waals surface area contributed by atoms with Crippen molar-refractivity contribution in [2.45, 2.75) is 37.9 Å². The average Bonchev–Trinajstić information content (AvgIpc) is 2.64. The third-order valence-corrected chi connectivity index (χ3v) is 4.98. The lowest BCUT2D eigenvalue weighted by Crippen LogP contribution is -2.27. The van der Waals surface area contributed by atoms with Gasteiger partial charge in [0.2, 0.25) is 0 Å². The Kier molecular flexibility index (Phi) is 5.33. The third-order valence-electron chi connectivity index (χ3n) is 4.98. The molecule has 136 valence electrons. The molecule has 2 N–H and O–H groups in total. The van der Waals surface area contributed by atoms with Gasteiger partial charge in [-0.1, -0.05) is 67.6 Å². The first-order valence-electron chi connectivity index (χ1n) is 8.75. The van der Waals surface area contributed by atoms with Gasteiger partial charge >= 0.3 is 6.18 Å². The van der Waals surface area contributed by atoms with Gasteiger partial charge in [-0.2, -0.15) is 13.2 Å². The highest BCUT2D eigenvalue weighted by atomic mass is 19.4. The highest BCUT2D eigenvalue weighted by Crippen LogP contribution is 2.31. The molecule has 0 fully saturated rings. The minimum absolute atomic E-state index is 0.117. The van der Waals surface area contributed by atoms with Crippen molar-refractivity contribution in [3.05, 3.63) is 83.4 Å². The van der Waals surface area contributed by atoms with Crippen molar-refractivity contribution < 1.29 is 13.2 Å². The number of benzene rings is 3. The van der Waals surface area contributed by atoms with Gasteiger partial charge in [0.15, 0.2) is 0 Å². The standard InChI is InChI=1S/C22H22F3N/c1-15(19-11-5-8-17-7-2-3-10-20(17)19)21(26)13-12-16-6-4-9-18(14-16)22(23,24)25/h2-11,14-15,21H,12-13,26H2,1H3/t15-,21?/m1/s1. The van der Waals surface area contributed by atoms with Crippen molar-refractivity contribution >= 4 is 10.8 Å². The molecule has 4 heteroatoms. The predicted molar refractivity (Wildman–Crippen MR) is 100 cm³/mol. The summed E-state index contributed by atoms with van der Waals surface area (Å²) in [4.78, 5) is 0. The molecule has 0 aliphatic heterocycles. The van der Waals surface area contributed by atoms with Crippen LogP contribution in [0, 0.1) is 0 Å². The molecule has 1 nitrogen and oxygen atoms in total. The quantitative estimate of drug-likeness (QED) is 0.602. The molecule has 0 amide bonds. The van der Waals surface area contributed by atoms with E-state index in [1.807, 2.05) is 18.2 Å². The Morgan fingerprint density at radius 2 is 1.62 bits per heavy atom. The second-order valence-corrected chi connectivity index (χ2v) is 6.76. The lowest BCUT2D eigenvalue weighted by Gasteiger charge is -2.22. The summed E-state index contributed by atoms with van der Waals surface area (Å²) in [5, 5.41) is 2.35. The van der Waals surface area contributed by atoms with Crippen LogP contribution in [0.2, 0.25) is 0 Å². The van der Waals surface area contributed by atoms with Gasteiger partial charge in [-0.3, -0.25) is 0 Å². The topological polar surface area (TPSA) is 26.0 Å². The van der Waals surface area contributed by atoms with Crippen LogP contribution < -0.4 is 5.73 Å². The van der Waals surface area contributed by atoms with Crippen LogP contribution in [0.1, 0.15) is 36.0 Å². The lowest BCUT2D eigenvalue weighted by atomic mass is 9.87. The van der Waals surface area contributed by atoms with Gasteiger partial charge in [-0.25, -0.2) is 0 Å². The van der Waals surface area contributed by atoms with Crippen molar-refractivity contribution in [3.8, 4) is 0 Å². The van der Waals surface area contributed by atoms with E-state index in [-0.39, 0.29) is 12.0 Å². The Morgan fingerprint density at radius 3 is 2.38 bits per heavy atom. The molecule has 0 spiro atoms. The molecule has 0 aliphatic rings. The third kappa shape index (κ3) is 4.07. The molecule has 0 radical (unpaired) electrons. The van der Waals surface area contributed by atoms with Gasteiger partial charge < -0.3 is 5.73 Å². The molecule has 3 aromatic carbocycles. The highest BCUT2D eigenvalue weighted by molar-refractivity contribution is 5.86. The summed E-state index contributed by atoms with van der Waals surface area (Å²) >= 11 is 0. The summed E-state index contributed by atoms with van der Waals surface area (Å²) in [5.41, 5.74) is 7.63. The number of alkyl halides is 3. The SMILES string of the molecule is C[C@H](c1cccc2ccccc12)C(N)CCc1cccc(C(F)(F)F)c1. The van der Waals surface area contributed by atoms with E-state index in [4.69, 9.17) is 5.73 Å². The van der Waals surface area contributed by atoms with Crippen molar-refractivity contribution in [1.29, 1.82) is 0 Å². The van der Waals surface area contributed by atoms with Crippen molar-refractivity contribution in [1.82, 2.24) is 0 Å². The second kappa shape index (κ2) is 7.50. The number of hydrogen-bond acceptors (Lipinski definition) is 1. The molecule has 2 atom stereocenters. The van der Waals surface area contributed by atoms with Gasteiger partial charge in [0.05, 0.1) is 5.56 Å². The number of fused-ring (bicyclic) bond motifs is 1. The van der Waals surface area contributed by atoms with Crippen LogP contribution in [-0.4, -0.2) is 6.04 Å². The fourth-order valence-corrected chi connectivity index (χ4v) is 3.36. The first kappa shape index (κ1) is 18.5. The van der Waals surface area contributed by atoms with Crippen LogP contribution in [0.3, 0.4) is 0 Å². The maximum atomic E-state index is 12.8. The van der Waals surface area contributed by atoms with Gasteiger partial charge in [0.25, 0.3) is 0 Å². The number of rotatable bonds is 5. The van der Waals surface area contributed by atoms with Crippen LogP contribution >= 0.6 is 0 Å². The minimum Gasteiger partial charge on any atom is -0.327 e. The Morgan fingerprint density at radius 1 is 0.923 bits per heavy atom. The number of nitrogens with two attached hydrogens (primary N) is 1. The van der Waals surface area contributed by atoms with E-state index in [0.717, 1.165) is 6.07 Å². The summed E-state index contributed by atoms with van der Waals surface area (Å²) in [6.45, 7) is 2.08. The fourth-order valence-electron chi connectivity index (χ4n) is 3.36. The zero-order valence-electron chi connectivity index (χ0n) is 14.6. The average molecular weight is 357 g/mol. The van der Waals surface area contributed by atoms with Crippen molar-refractivity contribution in [3.63, 3.8) is 0 Å². The van der Waals surface area contributed by atoms with E-state index in [1.165, 1.54) is 28.5 Å². The molecule has 3 aromatic rings. The number of hydrogen-bond donors (Lipinski definition) is 1. The van der Waals surface area contributed by atoms with E-state index in [1.54, 1.807) is 6.07 Å². The molecule has 0 aromatic heterocycles. The maximum Gasteiger partial charge on any atom is 0.416 e. The Hall–Kier alpha value is -2.33. The number of aryl methyl sites for hydroxylation is 1. The Bertz CT molecular complexity index is 880. The fraction of sp³-hybridized carbons (Fsp3) is 0.273. The Balaban J connectivity index is 1.73. The number of halogens is 3. The normalized spacial score (nSPS) is 14.3. The van der Waals surface area contributed by atoms with E-state index >= 15 is 0 Å². The van der Waals surface area contributed by atoms with Crippen LogP contribution in [0.5, 0.6) is 0 Å². The summed E-state index contributed by atoms with van der Waals surface area (Å²) < 4.78 is 38.5. The van der Waals surface area contributed by atoms with E-state index in [0.29, 0.717) is 18.4 Å². The zero-order valence-corrected chi connectivity index (χ0v) is 14.6. The largest absolute Gasteiger partial charge is 0.416 e. The van der Waals surface area contributed by atoms with Crippen LogP contribution in [0.4, 0.5) is 13.2 Å². The van der Waals surface area contributed by atoms with Gasteiger partial charge in [-0.05, 0) is 46.7 Å². The zero-order chi connectivity index (χ0) is 18.7. The summed E-state index contributed by atoms with van der Waals surface area (Å²) in [6.07, 6.45) is -3.15. The lowest BCUT2D eigenvalue weighted by molar-refractivity contribution is -0.137. The molecular formula is C22H22F3N. The van der Waals surface area contributed by atoms with E-state index in [2.05, 4.69) is 31.2 Å². The molecule has 0 saturated heterocycles. The Labute approximate surface area is 151 Å². The summed E-state index contributed by atoms with van der Waals surface area (Å²) in [7, 11) is 0. The molecule has 3 rings (SSSR count). The summed E-state index contributed by atoms with van der Waals surface area (Å²) in [5.74, 6) is 0.117. The highest BCUT2D eigenvalue weighted by Gasteiger charge is 2.30. The van der Waals surface area contributed by atoms with Crippen LogP contribution in [-0.2, 0) is 12.6 Å². The molecule has 0 bridgehead atoms. The van der Waals surface area contributed by atoms with Crippen molar-refractivity contribution in [2.24, 2.45) is 5.73 Å². The molecule has 0 saturated carbocycles. The molecule has 26 heavy (non-hydrogen) atoms. The molecule has 0 aliphatic carbocycles. The maximum absolute atomic E-state index is 12.8. The van der Waals surface area contributed by atoms with Gasteiger partial charge in [-0.15, -0.1) is 0 Å². The minimum atomic E-state index is -4.31. The monoisotopic (exact) mass is 357 g/mol. The first-order valence-corrected chi connectivity index (χ1v) is 8.75. The smallest absolute Gasteiger partial charge is 0.327 e. The van der Waals surface area contributed by atoms with Gasteiger partial charge in [0, 0.05) is 6.04 Å². The second-order valence-electron chi connectivity index (χ2n) is 6.76. The van der Waals surface area contributed by atoms with Crippen molar-refractivity contribution in [2.75, 3.05) is 0 Å². The van der Waals surface area contributed by atoms with Gasteiger partial charge in [0.1, 0.15) is 0 Å². The molecular weight excluding hydrogens is 335 g/mol. The van der Waals surface area contributed by atoms with Crippen LogP contribution in [0.25, 0.3) is 10.8 Å². The predicted octanol–water partition coefficient (Wildman–Crippen LogP) is 5.92. The first-order chi connectivity index (χ1) is 12.4. The van der Waals surface area contributed by atoms with E-state index in [9.17, 15) is 13.2 Å². The van der Waals surface area contributed by atoms with E-state index < -0.39 is 11.7 Å².